The fourth-order valence-electron chi connectivity index (χ4n) is 0.606. The minimum atomic E-state index is 0.618. The number of methoxy groups -OCH3 is 2. The van der Waals surface area contributed by atoms with E-state index in [1.165, 1.54) is 0 Å². The van der Waals surface area contributed by atoms with Crippen LogP contribution in [0.1, 0.15) is 6.92 Å². The van der Waals surface area contributed by atoms with E-state index < -0.39 is 0 Å². The molecular weight excluding hydrogens is 196 g/mol. The molecule has 0 unspecified atom stereocenters. The van der Waals surface area contributed by atoms with E-state index in [0.717, 1.165) is 0 Å². The highest BCUT2D eigenvalue weighted by molar-refractivity contribution is 4.51. The molecule has 0 atom stereocenters. The minimum absolute atomic E-state index is 0.618. The molecule has 0 rings (SSSR count). The van der Waals surface area contributed by atoms with Gasteiger partial charge in [0.15, 0.2) is 0 Å². The molecule has 0 aliphatic rings. The number of hydrogen-bond donors (Lipinski definition) is 0. The maximum Gasteiger partial charge on any atom is 0.0701 e. The van der Waals surface area contributed by atoms with E-state index in [9.17, 15) is 0 Å². The molecule has 0 aromatic carbocycles. The summed E-state index contributed by atoms with van der Waals surface area (Å²) in [5, 5.41) is 0. The van der Waals surface area contributed by atoms with Crippen LogP contribution in [0.15, 0.2) is 12.7 Å². The van der Waals surface area contributed by atoms with Crippen LogP contribution in [-0.4, -0.2) is 53.9 Å². The Morgan fingerprint density at radius 3 is 1.33 bits per heavy atom. The third-order valence-corrected chi connectivity index (χ3v) is 1.24. The molecule has 0 N–H and O–H groups in total. The van der Waals surface area contributed by atoms with E-state index in [0.29, 0.717) is 39.6 Å². The van der Waals surface area contributed by atoms with Gasteiger partial charge in [-0.05, 0) is 6.92 Å². The lowest BCUT2D eigenvalue weighted by molar-refractivity contribution is 0.0106. The van der Waals surface area contributed by atoms with Crippen LogP contribution in [0.3, 0.4) is 0 Å². The molecule has 0 radical (unpaired) electrons. The zero-order valence-corrected chi connectivity index (χ0v) is 10.2. The van der Waals surface area contributed by atoms with Crippen molar-refractivity contribution in [3.05, 3.63) is 12.7 Å². The van der Waals surface area contributed by atoms with Crippen molar-refractivity contribution in [3.8, 4) is 0 Å². The van der Waals surface area contributed by atoms with Gasteiger partial charge in [0.25, 0.3) is 0 Å². The molecule has 0 aromatic rings. The average molecular weight is 220 g/mol. The Morgan fingerprint density at radius 2 is 1.07 bits per heavy atom. The van der Waals surface area contributed by atoms with Crippen molar-refractivity contribution in [2.75, 3.05) is 53.9 Å². The van der Waals surface area contributed by atoms with E-state index in [4.69, 9.17) is 18.9 Å². The summed E-state index contributed by atoms with van der Waals surface area (Å²) in [5.74, 6) is 0. The molecule has 4 nitrogen and oxygen atoms in total. The Kier molecular flexibility index (Phi) is 21.7. The van der Waals surface area contributed by atoms with Gasteiger partial charge in [-0.2, -0.15) is 0 Å². The van der Waals surface area contributed by atoms with Gasteiger partial charge in [-0.25, -0.2) is 0 Å². The zero-order valence-electron chi connectivity index (χ0n) is 10.2. The molecule has 15 heavy (non-hydrogen) atoms. The van der Waals surface area contributed by atoms with Crippen molar-refractivity contribution in [1.29, 1.82) is 0 Å². The smallest absolute Gasteiger partial charge is 0.0701 e. The van der Waals surface area contributed by atoms with Crippen molar-refractivity contribution in [2.45, 2.75) is 6.92 Å². The highest BCUT2D eigenvalue weighted by Gasteiger charge is 1.88. The van der Waals surface area contributed by atoms with Crippen LogP contribution in [0.2, 0.25) is 0 Å². The summed E-state index contributed by atoms with van der Waals surface area (Å²) in [6.07, 6.45) is 1.75. The summed E-state index contributed by atoms with van der Waals surface area (Å²) in [5.41, 5.74) is 0. The lowest BCUT2D eigenvalue weighted by Gasteiger charge is -2.04. The van der Waals surface area contributed by atoms with Crippen molar-refractivity contribution >= 4 is 0 Å². The Bertz CT molecular complexity index is 96.8. The lowest BCUT2D eigenvalue weighted by Crippen LogP contribution is -2.10. The van der Waals surface area contributed by atoms with Gasteiger partial charge in [0.05, 0.1) is 39.6 Å². The van der Waals surface area contributed by atoms with Crippen LogP contribution in [0.5, 0.6) is 0 Å². The maximum atomic E-state index is 5.16. The monoisotopic (exact) mass is 220 g/mol. The van der Waals surface area contributed by atoms with Crippen LogP contribution < -0.4 is 0 Å². The maximum absolute atomic E-state index is 5.16. The SMILES string of the molecule is C=CC.COCCOCCOCCOC. The summed E-state index contributed by atoms with van der Waals surface area (Å²) in [4.78, 5) is 0. The van der Waals surface area contributed by atoms with Gasteiger partial charge in [-0.3, -0.25) is 0 Å². The predicted molar refractivity (Wildman–Crippen MR) is 61.3 cm³/mol. The molecule has 92 valence electrons. The largest absolute Gasteiger partial charge is 0.382 e. The third-order valence-electron chi connectivity index (χ3n) is 1.24. The van der Waals surface area contributed by atoms with Gasteiger partial charge < -0.3 is 18.9 Å². The lowest BCUT2D eigenvalue weighted by atomic mass is 10.7. The van der Waals surface area contributed by atoms with Gasteiger partial charge in [0, 0.05) is 14.2 Å². The van der Waals surface area contributed by atoms with E-state index in [-0.39, 0.29) is 0 Å². The van der Waals surface area contributed by atoms with Crippen molar-refractivity contribution in [2.24, 2.45) is 0 Å². The van der Waals surface area contributed by atoms with Crippen LogP contribution in [0.4, 0.5) is 0 Å². The molecule has 0 saturated heterocycles. The number of allylic oxidation sites excluding steroid dienone is 1. The minimum Gasteiger partial charge on any atom is -0.382 e. The molecule has 0 saturated carbocycles. The molecule has 0 aliphatic carbocycles. The van der Waals surface area contributed by atoms with Gasteiger partial charge in [0.1, 0.15) is 0 Å². The van der Waals surface area contributed by atoms with Crippen molar-refractivity contribution in [1.82, 2.24) is 0 Å². The Balaban J connectivity index is 0. The Morgan fingerprint density at radius 1 is 0.800 bits per heavy atom. The first kappa shape index (κ1) is 17.0. The standard InChI is InChI=1S/C8H18O4.C3H6/c1-9-3-5-11-7-8-12-6-4-10-2;1-3-2/h3-8H2,1-2H3;3H,1H2,2H3. The highest BCUT2D eigenvalue weighted by atomic mass is 16.5. The first-order valence-electron chi connectivity index (χ1n) is 5.03. The summed E-state index contributed by atoms with van der Waals surface area (Å²) >= 11 is 0. The van der Waals surface area contributed by atoms with E-state index >= 15 is 0 Å². The van der Waals surface area contributed by atoms with E-state index in [1.54, 1.807) is 20.3 Å². The van der Waals surface area contributed by atoms with Crippen LogP contribution in [0, 0.1) is 0 Å². The number of ether oxygens (including phenoxy) is 4. The molecule has 0 fully saturated rings. The van der Waals surface area contributed by atoms with Crippen molar-refractivity contribution < 1.29 is 18.9 Å². The summed E-state index contributed by atoms with van der Waals surface area (Å²) in [7, 11) is 3.30. The quantitative estimate of drug-likeness (QED) is 0.436. The zero-order chi connectivity index (χ0) is 11.8. The first-order valence-corrected chi connectivity index (χ1v) is 5.03. The number of rotatable bonds is 9. The van der Waals surface area contributed by atoms with Gasteiger partial charge >= 0.3 is 0 Å². The molecule has 0 aromatic heterocycles. The second-order valence-electron chi connectivity index (χ2n) is 2.62. The fourth-order valence-corrected chi connectivity index (χ4v) is 0.606. The molecule has 0 aliphatic heterocycles. The molecule has 4 heteroatoms. The Hall–Kier alpha value is -0.420. The summed E-state index contributed by atoms with van der Waals surface area (Å²) in [6, 6.07) is 0. The number of hydrogen-bond acceptors (Lipinski definition) is 4. The molecule has 0 heterocycles. The second-order valence-corrected chi connectivity index (χ2v) is 2.62. The normalized spacial score (nSPS) is 9.27. The van der Waals surface area contributed by atoms with E-state index in [1.807, 2.05) is 6.92 Å². The van der Waals surface area contributed by atoms with Crippen molar-refractivity contribution in [3.63, 3.8) is 0 Å². The van der Waals surface area contributed by atoms with Crippen LogP contribution in [0.25, 0.3) is 0 Å². The molecule has 0 amide bonds. The van der Waals surface area contributed by atoms with Crippen LogP contribution >= 0.6 is 0 Å². The molecular formula is C11H24O4. The topological polar surface area (TPSA) is 36.9 Å². The van der Waals surface area contributed by atoms with Gasteiger partial charge in [-0.1, -0.05) is 6.08 Å². The van der Waals surface area contributed by atoms with Gasteiger partial charge in [0.2, 0.25) is 0 Å². The molecule has 0 spiro atoms. The van der Waals surface area contributed by atoms with Gasteiger partial charge in [-0.15, -0.1) is 6.58 Å². The average Bonchev–Trinajstić information content (AvgIpc) is 2.23. The molecule has 0 bridgehead atoms. The fraction of sp³-hybridized carbons (Fsp3) is 0.818. The highest BCUT2D eigenvalue weighted by Crippen LogP contribution is 1.79. The summed E-state index contributed by atoms with van der Waals surface area (Å²) in [6.45, 7) is 9.02. The predicted octanol–water partition coefficient (Wildman–Crippen LogP) is 1.50. The third kappa shape index (κ3) is 24.7. The Labute approximate surface area is 93.2 Å². The second kappa shape index (κ2) is 19.2. The van der Waals surface area contributed by atoms with E-state index in [2.05, 4.69) is 6.58 Å². The summed E-state index contributed by atoms with van der Waals surface area (Å²) < 4.78 is 19.9. The van der Waals surface area contributed by atoms with Crippen LogP contribution in [-0.2, 0) is 18.9 Å². The first-order chi connectivity index (χ1) is 7.33.